The van der Waals surface area contributed by atoms with Gasteiger partial charge in [-0.2, -0.15) is 0 Å². The van der Waals surface area contributed by atoms with Gasteiger partial charge in [0.05, 0.1) is 30.7 Å². The van der Waals surface area contributed by atoms with E-state index in [0.29, 0.717) is 11.2 Å². The summed E-state index contributed by atoms with van der Waals surface area (Å²) in [4.78, 5) is 13.1. The van der Waals surface area contributed by atoms with Crippen LogP contribution in [0, 0.1) is 0 Å². The highest BCUT2D eigenvalue weighted by Gasteiger charge is 2.52. The number of hydrogen-bond acceptors (Lipinski definition) is 7. The van der Waals surface area contributed by atoms with E-state index >= 15 is 0 Å². The minimum absolute atomic E-state index is 0.274. The molecule has 2 heterocycles. The monoisotopic (exact) mass is 640 g/mol. The molecule has 0 fully saturated rings. The number of benzene rings is 2. The zero-order valence-corrected chi connectivity index (χ0v) is 28.8. The molecule has 2 aromatic heterocycles. The molecule has 0 aliphatic heterocycles. The zero-order chi connectivity index (χ0) is 31.4. The Hall–Kier alpha value is -2.65. The van der Waals surface area contributed by atoms with Crippen LogP contribution >= 0.6 is 19.2 Å². The van der Waals surface area contributed by atoms with Crippen molar-refractivity contribution < 1.29 is 18.0 Å². The van der Waals surface area contributed by atoms with Crippen LogP contribution < -0.4 is 10.4 Å². The van der Waals surface area contributed by atoms with Gasteiger partial charge in [-0.15, -0.1) is 0 Å². The van der Waals surface area contributed by atoms with E-state index in [1.54, 1.807) is 12.1 Å². The van der Waals surface area contributed by atoms with Gasteiger partial charge in [-0.3, -0.25) is 4.57 Å². The minimum atomic E-state index is -3.62. The maximum atomic E-state index is 14.0. The molecule has 230 valence electrons. The maximum absolute atomic E-state index is 14.0. The van der Waals surface area contributed by atoms with Crippen LogP contribution in [0.5, 0.6) is 0 Å². The molecular weight excluding hydrogens is 599 g/mol. The second kappa shape index (κ2) is 13.5. The van der Waals surface area contributed by atoms with Crippen LogP contribution in [0.15, 0.2) is 85.2 Å². The standard InChI is InChI=1S/C32H42ClN4O4PSi/c1-23(2)39-42(38,40-24(3)4)20-19-28(25(5)37-22-36-29-30(33)34-21-35-31(29)37)41-43(32(6,7)8,26-15-11-9-12-16-26)27-17-13-10-14-18-27/h9-25,28H,1-8H3. The Morgan fingerprint density at radius 2 is 1.40 bits per heavy atom. The van der Waals surface area contributed by atoms with Crippen LogP contribution in [0.3, 0.4) is 0 Å². The summed E-state index contributed by atoms with van der Waals surface area (Å²) in [6, 6.07) is 20.4. The molecule has 0 spiro atoms. The first-order valence-electron chi connectivity index (χ1n) is 14.5. The average Bonchev–Trinajstić information content (AvgIpc) is 3.38. The normalized spacial score (nSPS) is 14.7. The van der Waals surface area contributed by atoms with Crippen molar-refractivity contribution >= 4 is 49.1 Å². The van der Waals surface area contributed by atoms with Crippen LogP contribution in [0.25, 0.3) is 11.2 Å². The topological polar surface area (TPSA) is 88.4 Å². The number of halogens is 1. The first-order valence-corrected chi connectivity index (χ1v) is 18.4. The molecule has 2 atom stereocenters. The van der Waals surface area contributed by atoms with Gasteiger partial charge in [0.1, 0.15) is 11.8 Å². The third-order valence-corrected chi connectivity index (χ3v) is 14.4. The predicted molar refractivity (Wildman–Crippen MR) is 177 cm³/mol. The van der Waals surface area contributed by atoms with Crippen LogP contribution in [-0.2, 0) is 18.0 Å². The molecule has 0 aliphatic carbocycles. The Kier molecular flexibility index (Phi) is 10.5. The summed E-state index contributed by atoms with van der Waals surface area (Å²) in [5.74, 6) is 1.55. The largest absolute Gasteiger partial charge is 0.399 e. The number of rotatable bonds is 12. The fourth-order valence-electron chi connectivity index (χ4n) is 5.35. The molecule has 0 saturated heterocycles. The molecule has 2 aromatic carbocycles. The van der Waals surface area contributed by atoms with E-state index in [0.717, 1.165) is 10.4 Å². The summed E-state index contributed by atoms with van der Waals surface area (Å²) in [6.07, 6.45) is 3.73. The van der Waals surface area contributed by atoms with Crippen LogP contribution in [-0.4, -0.2) is 46.1 Å². The van der Waals surface area contributed by atoms with Crippen LogP contribution in [0.2, 0.25) is 10.2 Å². The lowest BCUT2D eigenvalue weighted by atomic mass is 10.2. The molecule has 2 unspecified atom stereocenters. The van der Waals surface area contributed by atoms with Gasteiger partial charge in [-0.25, -0.2) is 15.0 Å². The molecule has 8 nitrogen and oxygen atoms in total. The number of nitrogens with zero attached hydrogens (tertiary/aromatic N) is 4. The van der Waals surface area contributed by atoms with E-state index in [4.69, 9.17) is 25.1 Å². The Morgan fingerprint density at radius 3 is 1.88 bits per heavy atom. The Labute approximate surface area is 261 Å². The lowest BCUT2D eigenvalue weighted by Crippen LogP contribution is -2.68. The van der Waals surface area contributed by atoms with Gasteiger partial charge in [0, 0.05) is 5.82 Å². The van der Waals surface area contributed by atoms with E-state index < -0.39 is 22.0 Å². The highest BCUT2D eigenvalue weighted by Crippen LogP contribution is 2.52. The first-order chi connectivity index (χ1) is 20.3. The SMILES string of the molecule is CC(C)OP(=O)(C=CC(O[Si](c1ccccc1)(c1ccccc1)C(C)(C)C)C(C)n1cnc2c(Cl)ncnc21)OC(C)C. The smallest absolute Gasteiger partial charge is 0.354 e. The summed E-state index contributed by atoms with van der Waals surface area (Å²) < 4.78 is 35.2. The van der Waals surface area contributed by atoms with E-state index in [1.165, 1.54) is 6.33 Å². The molecule has 0 radical (unpaired) electrons. The summed E-state index contributed by atoms with van der Waals surface area (Å²) in [5.41, 5.74) is 1.08. The van der Waals surface area contributed by atoms with Gasteiger partial charge in [-0.05, 0) is 56.1 Å². The van der Waals surface area contributed by atoms with Gasteiger partial charge in [-0.1, -0.05) is 93.0 Å². The third kappa shape index (κ3) is 7.36. The van der Waals surface area contributed by atoms with Crippen molar-refractivity contribution in [3.63, 3.8) is 0 Å². The second-order valence-electron chi connectivity index (χ2n) is 12.2. The Balaban J connectivity index is 1.94. The minimum Gasteiger partial charge on any atom is -0.399 e. The summed E-state index contributed by atoms with van der Waals surface area (Å²) >= 11 is 6.36. The highest BCUT2D eigenvalue weighted by atomic mass is 35.5. The summed E-state index contributed by atoms with van der Waals surface area (Å²) in [5, 5.41) is 2.23. The number of hydrogen-bond donors (Lipinski definition) is 0. The number of fused-ring (bicyclic) bond motifs is 1. The molecule has 4 aromatic rings. The lowest BCUT2D eigenvalue weighted by Gasteiger charge is -2.45. The summed E-state index contributed by atoms with van der Waals surface area (Å²) in [7, 11) is -6.67. The molecule has 0 aliphatic rings. The molecule has 0 saturated carbocycles. The van der Waals surface area contributed by atoms with Gasteiger partial charge >= 0.3 is 7.60 Å². The van der Waals surface area contributed by atoms with Crippen molar-refractivity contribution in [2.45, 2.75) is 84.8 Å². The van der Waals surface area contributed by atoms with Crippen LogP contribution in [0.1, 0.15) is 61.4 Å². The van der Waals surface area contributed by atoms with E-state index in [9.17, 15) is 4.57 Å². The second-order valence-corrected chi connectivity index (χ2v) is 18.6. The molecule has 43 heavy (non-hydrogen) atoms. The molecule has 11 heteroatoms. The molecular formula is C32H42ClN4O4PSi. The molecule has 0 amide bonds. The molecule has 0 bridgehead atoms. The van der Waals surface area contributed by atoms with Crippen molar-refractivity contribution in [3.8, 4) is 0 Å². The highest BCUT2D eigenvalue weighted by molar-refractivity contribution is 7.57. The van der Waals surface area contributed by atoms with Crippen molar-refractivity contribution in [2.75, 3.05) is 0 Å². The fraction of sp³-hybridized carbons (Fsp3) is 0.406. The van der Waals surface area contributed by atoms with E-state index in [1.807, 2.05) is 81.7 Å². The first kappa shape index (κ1) is 33.2. The van der Waals surface area contributed by atoms with E-state index in [2.05, 4.69) is 60.0 Å². The molecule has 0 N–H and O–H groups in total. The fourth-order valence-corrected chi connectivity index (χ4v) is 12.0. The zero-order valence-electron chi connectivity index (χ0n) is 26.1. The predicted octanol–water partition coefficient (Wildman–Crippen LogP) is 7.54. The van der Waals surface area contributed by atoms with Crippen molar-refractivity contribution in [2.24, 2.45) is 0 Å². The Morgan fingerprint density at radius 1 is 0.860 bits per heavy atom. The average molecular weight is 641 g/mol. The van der Waals surface area contributed by atoms with Gasteiger partial charge in [0.15, 0.2) is 10.8 Å². The van der Waals surface area contributed by atoms with Gasteiger partial charge in [0.25, 0.3) is 8.32 Å². The number of aromatic nitrogens is 4. The van der Waals surface area contributed by atoms with Crippen molar-refractivity contribution in [1.82, 2.24) is 19.5 Å². The number of imidazole rings is 1. The third-order valence-electron chi connectivity index (χ3n) is 7.13. The van der Waals surface area contributed by atoms with Gasteiger partial charge in [0.2, 0.25) is 0 Å². The lowest BCUT2D eigenvalue weighted by molar-refractivity contribution is 0.148. The van der Waals surface area contributed by atoms with E-state index in [-0.39, 0.29) is 28.4 Å². The quantitative estimate of drug-likeness (QED) is 0.0898. The van der Waals surface area contributed by atoms with Gasteiger partial charge < -0.3 is 18.0 Å². The van der Waals surface area contributed by atoms with Crippen LogP contribution in [0.4, 0.5) is 0 Å². The van der Waals surface area contributed by atoms with Crippen molar-refractivity contribution in [1.29, 1.82) is 0 Å². The van der Waals surface area contributed by atoms with Crippen molar-refractivity contribution in [3.05, 3.63) is 90.4 Å². The maximum Gasteiger partial charge on any atom is 0.354 e. The summed E-state index contributed by atoms with van der Waals surface area (Å²) in [6.45, 7) is 16.0. The Bertz CT molecular complexity index is 1520. The molecule has 4 rings (SSSR count).